The lowest BCUT2D eigenvalue weighted by Gasteiger charge is -2.39. The molecule has 2 saturated heterocycles. The highest BCUT2D eigenvalue weighted by atomic mass is 32.2. The van der Waals surface area contributed by atoms with Crippen LogP contribution in [-0.2, 0) is 16.0 Å². The van der Waals surface area contributed by atoms with Crippen LogP contribution in [0, 0.1) is 24.7 Å². The van der Waals surface area contributed by atoms with Crippen molar-refractivity contribution in [3.8, 4) is 0 Å². The zero-order valence-corrected chi connectivity index (χ0v) is 20.8. The van der Waals surface area contributed by atoms with Gasteiger partial charge in [-0.2, -0.15) is 18.2 Å². The number of fused-ring (bicyclic) bond motifs is 2. The SMILES string of the molecule is Cc1c(N2C[C@@H]3[C@H](C2)[C@H]3CS(=O)(=O)c2nc3ccccc3s2)nc(N2CC[C@@H]2C)nc1C(F)(F)F. The molecule has 0 spiro atoms. The van der Waals surface area contributed by atoms with Crippen molar-refractivity contribution in [2.75, 3.05) is 35.2 Å². The van der Waals surface area contributed by atoms with E-state index in [-0.39, 0.29) is 45.4 Å². The van der Waals surface area contributed by atoms with Gasteiger partial charge in [-0.25, -0.2) is 18.4 Å². The molecule has 6 rings (SSSR count). The first-order valence-electron chi connectivity index (χ1n) is 11.6. The second kappa shape index (κ2) is 7.76. The highest BCUT2D eigenvalue weighted by molar-refractivity contribution is 7.93. The molecule has 0 bridgehead atoms. The molecule has 35 heavy (non-hydrogen) atoms. The summed E-state index contributed by atoms with van der Waals surface area (Å²) in [7, 11) is -3.53. The maximum absolute atomic E-state index is 13.8. The van der Waals surface area contributed by atoms with Gasteiger partial charge in [0.15, 0.2) is 5.69 Å². The molecule has 3 fully saturated rings. The molecule has 3 aliphatic rings. The topological polar surface area (TPSA) is 79.3 Å². The number of benzene rings is 1. The van der Waals surface area contributed by atoms with Crippen molar-refractivity contribution in [1.82, 2.24) is 15.0 Å². The van der Waals surface area contributed by atoms with Crippen LogP contribution in [0.3, 0.4) is 0 Å². The van der Waals surface area contributed by atoms with Crippen LogP contribution in [0.25, 0.3) is 10.2 Å². The van der Waals surface area contributed by atoms with E-state index in [1.807, 2.05) is 30.0 Å². The lowest BCUT2D eigenvalue weighted by molar-refractivity contribution is -0.141. The second-order valence-electron chi connectivity index (χ2n) is 9.78. The smallest absolute Gasteiger partial charge is 0.356 e. The first-order valence-corrected chi connectivity index (χ1v) is 14.1. The van der Waals surface area contributed by atoms with Gasteiger partial charge in [0, 0.05) is 31.2 Å². The first-order chi connectivity index (χ1) is 16.5. The minimum atomic E-state index is -4.57. The van der Waals surface area contributed by atoms with Crippen LogP contribution < -0.4 is 9.80 Å². The van der Waals surface area contributed by atoms with E-state index in [0.717, 1.165) is 11.1 Å². The van der Waals surface area contributed by atoms with Crippen LogP contribution in [0.1, 0.15) is 24.6 Å². The average molecular weight is 524 g/mol. The molecule has 0 amide bonds. The van der Waals surface area contributed by atoms with Gasteiger partial charge in [-0.15, -0.1) is 11.3 Å². The molecule has 186 valence electrons. The van der Waals surface area contributed by atoms with E-state index in [1.54, 1.807) is 11.0 Å². The summed E-state index contributed by atoms with van der Waals surface area (Å²) >= 11 is 1.18. The number of nitrogens with zero attached hydrogens (tertiary/aromatic N) is 5. The quantitative estimate of drug-likeness (QED) is 0.497. The van der Waals surface area contributed by atoms with Crippen molar-refractivity contribution in [3.05, 3.63) is 35.5 Å². The Morgan fingerprint density at radius 3 is 2.43 bits per heavy atom. The van der Waals surface area contributed by atoms with E-state index in [1.165, 1.54) is 18.3 Å². The zero-order chi connectivity index (χ0) is 24.7. The summed E-state index contributed by atoms with van der Waals surface area (Å²) in [6.07, 6.45) is -3.67. The molecule has 12 heteroatoms. The minimum absolute atomic E-state index is 0.0117. The number of hydrogen-bond donors (Lipinski definition) is 0. The Morgan fingerprint density at radius 1 is 1.11 bits per heavy atom. The zero-order valence-electron chi connectivity index (χ0n) is 19.2. The number of sulfone groups is 1. The van der Waals surface area contributed by atoms with Gasteiger partial charge < -0.3 is 9.80 Å². The van der Waals surface area contributed by atoms with E-state index in [4.69, 9.17) is 0 Å². The second-order valence-corrected chi connectivity index (χ2v) is 13.0. The monoisotopic (exact) mass is 523 g/mol. The van der Waals surface area contributed by atoms with Gasteiger partial charge in [0.1, 0.15) is 5.82 Å². The number of alkyl halides is 3. The Bertz CT molecular complexity index is 1380. The number of aromatic nitrogens is 3. The van der Waals surface area contributed by atoms with E-state index in [0.29, 0.717) is 31.0 Å². The summed E-state index contributed by atoms with van der Waals surface area (Å²) in [5.74, 6) is 0.669. The van der Waals surface area contributed by atoms with E-state index < -0.39 is 21.7 Å². The Kier molecular flexibility index (Phi) is 5.09. The fraction of sp³-hybridized carbons (Fsp3) is 0.522. The third kappa shape index (κ3) is 3.85. The van der Waals surface area contributed by atoms with Crippen LogP contribution in [0.4, 0.5) is 24.9 Å². The summed E-state index contributed by atoms with van der Waals surface area (Å²) in [4.78, 5) is 16.4. The molecule has 3 aromatic rings. The molecule has 2 aliphatic heterocycles. The Morgan fingerprint density at radius 2 is 1.83 bits per heavy atom. The van der Waals surface area contributed by atoms with Gasteiger partial charge in [0.2, 0.25) is 20.1 Å². The molecule has 2 aromatic heterocycles. The highest BCUT2D eigenvalue weighted by Gasteiger charge is 2.58. The largest absolute Gasteiger partial charge is 0.433 e. The summed E-state index contributed by atoms with van der Waals surface area (Å²) in [5, 5.41) is 0. The summed E-state index contributed by atoms with van der Waals surface area (Å²) in [5.41, 5.74) is -0.202. The maximum Gasteiger partial charge on any atom is 0.433 e. The Balaban J connectivity index is 1.21. The van der Waals surface area contributed by atoms with Gasteiger partial charge in [0.25, 0.3) is 0 Å². The third-order valence-electron chi connectivity index (χ3n) is 7.58. The van der Waals surface area contributed by atoms with Crippen molar-refractivity contribution in [2.24, 2.45) is 17.8 Å². The van der Waals surface area contributed by atoms with Crippen molar-refractivity contribution in [2.45, 2.75) is 36.8 Å². The predicted octanol–water partition coefficient (Wildman–Crippen LogP) is 4.17. The van der Waals surface area contributed by atoms with Gasteiger partial charge in [-0.1, -0.05) is 12.1 Å². The van der Waals surface area contributed by atoms with Crippen LogP contribution in [0.2, 0.25) is 0 Å². The molecule has 4 heterocycles. The number of para-hydroxylation sites is 1. The molecule has 7 nitrogen and oxygen atoms in total. The molecule has 1 aromatic carbocycles. The Labute approximate surface area is 204 Å². The summed E-state index contributed by atoms with van der Waals surface area (Å²) in [6.45, 7) is 4.99. The average Bonchev–Trinajstić information content (AvgIpc) is 3.15. The number of anilines is 2. The van der Waals surface area contributed by atoms with Crippen molar-refractivity contribution < 1.29 is 21.6 Å². The van der Waals surface area contributed by atoms with E-state index in [9.17, 15) is 21.6 Å². The third-order valence-corrected chi connectivity index (χ3v) is 10.9. The fourth-order valence-electron chi connectivity index (χ4n) is 5.40. The predicted molar refractivity (Wildman–Crippen MR) is 128 cm³/mol. The van der Waals surface area contributed by atoms with Crippen molar-refractivity contribution >= 4 is 43.2 Å². The summed E-state index contributed by atoms with van der Waals surface area (Å²) in [6, 6.07) is 7.43. The van der Waals surface area contributed by atoms with Crippen molar-refractivity contribution in [1.29, 1.82) is 0 Å². The van der Waals surface area contributed by atoms with Crippen LogP contribution >= 0.6 is 11.3 Å². The molecular weight excluding hydrogens is 499 g/mol. The van der Waals surface area contributed by atoms with Crippen LogP contribution in [-0.4, -0.2) is 54.8 Å². The number of thiazole rings is 1. The minimum Gasteiger partial charge on any atom is -0.356 e. The lowest BCUT2D eigenvalue weighted by atomic mass is 10.1. The Hall–Kier alpha value is -2.47. The molecule has 1 aliphatic carbocycles. The maximum atomic E-state index is 13.8. The number of piperidine rings is 1. The van der Waals surface area contributed by atoms with Gasteiger partial charge in [-0.3, -0.25) is 0 Å². The summed E-state index contributed by atoms with van der Waals surface area (Å²) < 4.78 is 68.3. The molecule has 0 radical (unpaired) electrons. The standard InChI is InChI=1S/C23H24F3N5O2S2/c1-12-7-8-31(12)21-28-19(23(24,25)26)13(2)20(29-21)30-9-14-15(10-30)16(14)11-35(32,33)22-27-17-5-3-4-6-18(17)34-22/h3-6,12,14-16H,7-11H2,1-2H3/t12-,14-,15+,16+/m0/s1. The normalized spacial score (nSPS) is 26.2. The molecule has 4 atom stereocenters. The van der Waals surface area contributed by atoms with Crippen molar-refractivity contribution in [3.63, 3.8) is 0 Å². The van der Waals surface area contributed by atoms with E-state index >= 15 is 0 Å². The van der Waals surface area contributed by atoms with Gasteiger partial charge >= 0.3 is 6.18 Å². The molecule has 1 saturated carbocycles. The number of halogens is 3. The highest BCUT2D eigenvalue weighted by Crippen LogP contribution is 2.54. The van der Waals surface area contributed by atoms with Gasteiger partial charge in [0.05, 0.1) is 16.0 Å². The molecule has 0 unspecified atom stereocenters. The van der Waals surface area contributed by atoms with Gasteiger partial charge in [-0.05, 0) is 50.2 Å². The van der Waals surface area contributed by atoms with Crippen LogP contribution in [0.15, 0.2) is 28.6 Å². The number of rotatable bonds is 5. The van der Waals surface area contributed by atoms with E-state index in [2.05, 4.69) is 15.0 Å². The molecular formula is C23H24F3N5O2S2. The number of hydrogen-bond acceptors (Lipinski definition) is 8. The molecule has 0 N–H and O–H groups in total. The van der Waals surface area contributed by atoms with Crippen LogP contribution in [0.5, 0.6) is 0 Å². The lowest BCUT2D eigenvalue weighted by Crippen LogP contribution is -2.47. The fourth-order valence-corrected chi connectivity index (χ4v) is 8.46. The first kappa shape index (κ1) is 23.0.